The molecule has 1 aliphatic heterocycles. The fourth-order valence-corrected chi connectivity index (χ4v) is 5.55. The van der Waals surface area contributed by atoms with E-state index in [1.54, 1.807) is 41.3 Å². The van der Waals surface area contributed by atoms with E-state index in [2.05, 4.69) is 0 Å². The van der Waals surface area contributed by atoms with Crippen LogP contribution in [-0.2, 0) is 16.6 Å². The monoisotopic (exact) mass is 535 g/mol. The van der Waals surface area contributed by atoms with Crippen LogP contribution in [0.25, 0.3) is 0 Å². The van der Waals surface area contributed by atoms with Crippen molar-refractivity contribution in [2.75, 3.05) is 26.2 Å². The molecule has 0 atom stereocenters. The molecule has 3 amide bonds. The average Bonchev–Trinajstić information content (AvgIpc) is 3.38. The standard InChI is InChI=1S/C24H23Cl2N3O5S/c1-17-4-8-20(9-5-17)35(32,33)29(16-18-6-7-19(25)15-21(18)26)24(31)28-12-10-27(11-13-28)23(30)22-3-2-14-34-22/h2-9,14-15H,10-13,16H2,1H3. The third-order valence-electron chi connectivity index (χ3n) is 5.72. The number of carbonyl (C=O) groups is 2. The first-order valence-corrected chi connectivity index (χ1v) is 13.0. The Bertz CT molecular complexity index is 1320. The highest BCUT2D eigenvalue weighted by molar-refractivity contribution is 7.89. The number of carbonyl (C=O) groups excluding carboxylic acids is 2. The number of halogens is 2. The van der Waals surface area contributed by atoms with Crippen LogP contribution in [-0.4, -0.2) is 60.6 Å². The second-order valence-corrected chi connectivity index (χ2v) is 10.8. The van der Waals surface area contributed by atoms with Crippen molar-refractivity contribution < 1.29 is 22.4 Å². The lowest BCUT2D eigenvalue weighted by Crippen LogP contribution is -2.54. The Morgan fingerprint density at radius 1 is 0.971 bits per heavy atom. The molecule has 3 aromatic rings. The largest absolute Gasteiger partial charge is 0.459 e. The van der Waals surface area contributed by atoms with Crippen molar-refractivity contribution >= 4 is 45.2 Å². The quantitative estimate of drug-likeness (QED) is 0.473. The van der Waals surface area contributed by atoms with Gasteiger partial charge in [-0.15, -0.1) is 0 Å². The van der Waals surface area contributed by atoms with E-state index in [0.717, 1.165) is 9.87 Å². The number of furan rings is 1. The Morgan fingerprint density at radius 3 is 2.23 bits per heavy atom. The molecule has 2 heterocycles. The Labute approximate surface area is 213 Å². The van der Waals surface area contributed by atoms with Crippen LogP contribution in [0, 0.1) is 6.92 Å². The summed E-state index contributed by atoms with van der Waals surface area (Å²) in [5.41, 5.74) is 1.33. The SMILES string of the molecule is Cc1ccc(S(=O)(=O)N(Cc2ccc(Cl)cc2Cl)C(=O)N2CCN(C(=O)c3ccco3)CC2)cc1. The number of hydrogen-bond acceptors (Lipinski definition) is 5. The predicted octanol–water partition coefficient (Wildman–Crippen LogP) is 4.66. The molecule has 1 saturated heterocycles. The number of urea groups is 1. The Hall–Kier alpha value is -3.01. The Morgan fingerprint density at radius 2 is 1.63 bits per heavy atom. The van der Waals surface area contributed by atoms with Gasteiger partial charge in [-0.05, 0) is 48.9 Å². The summed E-state index contributed by atoms with van der Waals surface area (Å²) < 4.78 is 33.1. The van der Waals surface area contributed by atoms with Crippen molar-refractivity contribution in [3.05, 3.63) is 87.8 Å². The van der Waals surface area contributed by atoms with Crippen molar-refractivity contribution in [2.24, 2.45) is 0 Å². The normalized spacial score (nSPS) is 14.1. The van der Waals surface area contributed by atoms with E-state index in [1.165, 1.54) is 29.4 Å². The van der Waals surface area contributed by atoms with E-state index in [4.69, 9.17) is 27.6 Å². The molecule has 0 radical (unpaired) electrons. The summed E-state index contributed by atoms with van der Waals surface area (Å²) in [5, 5.41) is 0.652. The first kappa shape index (κ1) is 25.1. The van der Waals surface area contributed by atoms with Crippen LogP contribution in [0.3, 0.4) is 0 Å². The summed E-state index contributed by atoms with van der Waals surface area (Å²) in [6, 6.07) is 13.5. The van der Waals surface area contributed by atoms with Crippen molar-refractivity contribution in [2.45, 2.75) is 18.4 Å². The first-order valence-electron chi connectivity index (χ1n) is 10.8. The number of aryl methyl sites for hydroxylation is 1. The van der Waals surface area contributed by atoms with Gasteiger partial charge < -0.3 is 14.2 Å². The molecular formula is C24H23Cl2N3O5S. The fraction of sp³-hybridized carbons (Fsp3) is 0.250. The summed E-state index contributed by atoms with van der Waals surface area (Å²) in [7, 11) is -4.20. The number of amides is 3. The summed E-state index contributed by atoms with van der Waals surface area (Å²) in [4.78, 5) is 29.1. The minimum absolute atomic E-state index is 0.00632. The lowest BCUT2D eigenvalue weighted by molar-refractivity contribution is 0.0623. The fourth-order valence-electron chi connectivity index (χ4n) is 3.71. The molecular weight excluding hydrogens is 513 g/mol. The molecule has 1 aliphatic rings. The number of benzene rings is 2. The van der Waals surface area contributed by atoms with Crippen LogP contribution in [0.5, 0.6) is 0 Å². The van der Waals surface area contributed by atoms with Crippen LogP contribution in [0.2, 0.25) is 10.0 Å². The second kappa shape index (κ2) is 10.3. The van der Waals surface area contributed by atoms with E-state index < -0.39 is 16.1 Å². The molecule has 4 rings (SSSR count). The molecule has 1 fully saturated rings. The maximum absolute atomic E-state index is 13.6. The molecule has 0 N–H and O–H groups in total. The van der Waals surface area contributed by atoms with E-state index in [-0.39, 0.29) is 54.3 Å². The summed E-state index contributed by atoms with van der Waals surface area (Å²) in [6.45, 7) is 2.39. The lowest BCUT2D eigenvalue weighted by atomic mass is 10.2. The zero-order valence-corrected chi connectivity index (χ0v) is 21.2. The molecule has 8 nitrogen and oxygen atoms in total. The minimum Gasteiger partial charge on any atom is -0.459 e. The van der Waals surface area contributed by atoms with Crippen molar-refractivity contribution in [3.63, 3.8) is 0 Å². The average molecular weight is 536 g/mol. The van der Waals surface area contributed by atoms with Gasteiger partial charge in [0.05, 0.1) is 17.7 Å². The van der Waals surface area contributed by atoms with Gasteiger partial charge in [0.15, 0.2) is 5.76 Å². The van der Waals surface area contributed by atoms with E-state index in [0.29, 0.717) is 10.6 Å². The Kier molecular flexibility index (Phi) is 7.39. The molecule has 2 aromatic carbocycles. The number of piperazine rings is 1. The maximum atomic E-state index is 13.6. The smallest absolute Gasteiger partial charge is 0.334 e. The van der Waals surface area contributed by atoms with Gasteiger partial charge in [-0.3, -0.25) is 4.79 Å². The van der Waals surface area contributed by atoms with Gasteiger partial charge in [0.25, 0.3) is 15.9 Å². The van der Waals surface area contributed by atoms with E-state index >= 15 is 0 Å². The van der Waals surface area contributed by atoms with Gasteiger partial charge in [-0.1, -0.05) is 47.0 Å². The van der Waals surface area contributed by atoms with E-state index in [1.807, 2.05) is 6.92 Å². The highest BCUT2D eigenvalue weighted by Crippen LogP contribution is 2.27. The van der Waals surface area contributed by atoms with Gasteiger partial charge >= 0.3 is 6.03 Å². The Balaban J connectivity index is 1.58. The van der Waals surface area contributed by atoms with Gasteiger partial charge in [-0.2, -0.15) is 0 Å². The van der Waals surface area contributed by atoms with Crippen molar-refractivity contribution in [1.82, 2.24) is 14.1 Å². The highest BCUT2D eigenvalue weighted by atomic mass is 35.5. The van der Waals surface area contributed by atoms with Gasteiger partial charge in [0.2, 0.25) is 0 Å². The van der Waals surface area contributed by atoms with Crippen LogP contribution >= 0.6 is 23.2 Å². The molecule has 1 aromatic heterocycles. The van der Waals surface area contributed by atoms with Crippen LogP contribution in [0.1, 0.15) is 21.7 Å². The number of rotatable bonds is 5. The molecule has 0 spiro atoms. The number of sulfonamides is 1. The third-order valence-corrected chi connectivity index (χ3v) is 8.04. The maximum Gasteiger partial charge on any atom is 0.334 e. The lowest BCUT2D eigenvalue weighted by Gasteiger charge is -2.37. The summed E-state index contributed by atoms with van der Waals surface area (Å²) in [5.74, 6) is -0.0649. The van der Waals surface area contributed by atoms with Crippen molar-refractivity contribution in [1.29, 1.82) is 0 Å². The van der Waals surface area contributed by atoms with Crippen LogP contribution in [0.15, 0.2) is 70.2 Å². The topological polar surface area (TPSA) is 91.1 Å². The van der Waals surface area contributed by atoms with Crippen molar-refractivity contribution in [3.8, 4) is 0 Å². The zero-order valence-electron chi connectivity index (χ0n) is 18.9. The molecule has 11 heteroatoms. The molecule has 0 aliphatic carbocycles. The van der Waals surface area contributed by atoms with Crippen LogP contribution < -0.4 is 0 Å². The summed E-state index contributed by atoms with van der Waals surface area (Å²) >= 11 is 12.3. The minimum atomic E-state index is -4.20. The van der Waals surface area contributed by atoms with E-state index in [9.17, 15) is 18.0 Å². The predicted molar refractivity (Wildman–Crippen MR) is 132 cm³/mol. The molecule has 35 heavy (non-hydrogen) atoms. The summed E-state index contributed by atoms with van der Waals surface area (Å²) in [6.07, 6.45) is 1.42. The van der Waals surface area contributed by atoms with Gasteiger partial charge in [0.1, 0.15) is 0 Å². The molecule has 184 valence electrons. The first-order chi connectivity index (χ1) is 16.7. The molecule has 0 saturated carbocycles. The highest BCUT2D eigenvalue weighted by Gasteiger charge is 2.35. The van der Waals surface area contributed by atoms with Gasteiger partial charge in [0, 0.05) is 36.2 Å². The number of hydrogen-bond donors (Lipinski definition) is 0. The van der Waals surface area contributed by atoms with Crippen LogP contribution in [0.4, 0.5) is 4.79 Å². The zero-order chi connectivity index (χ0) is 25.2. The second-order valence-electron chi connectivity index (χ2n) is 8.10. The van der Waals surface area contributed by atoms with Gasteiger partial charge in [-0.25, -0.2) is 17.5 Å². The number of nitrogens with zero attached hydrogens (tertiary/aromatic N) is 3. The molecule has 0 bridgehead atoms. The molecule has 0 unspecified atom stereocenters. The third kappa shape index (κ3) is 5.47.